The maximum absolute atomic E-state index is 12.9. The van der Waals surface area contributed by atoms with Gasteiger partial charge in [-0.2, -0.15) is 0 Å². The molecule has 0 aromatic heterocycles. The monoisotopic (exact) mass is 524 g/mol. The molecule has 1 unspecified atom stereocenters. The molecule has 208 valence electrons. The van der Waals surface area contributed by atoms with E-state index < -0.39 is 20.2 Å². The summed E-state index contributed by atoms with van der Waals surface area (Å²) in [6.07, 6.45) is 7.33. The van der Waals surface area contributed by atoms with Crippen molar-refractivity contribution in [1.29, 1.82) is 0 Å². The van der Waals surface area contributed by atoms with E-state index in [-0.39, 0.29) is 28.7 Å². The number of hydrogen-bond acceptors (Lipinski definition) is 6. The number of ether oxygens (including phenoxy) is 3. The first-order valence-electron chi connectivity index (χ1n) is 14.1. The van der Waals surface area contributed by atoms with Crippen LogP contribution in [0.1, 0.15) is 93.4 Å². The number of carbonyl (C=O) groups is 2. The van der Waals surface area contributed by atoms with Crippen molar-refractivity contribution in [3.05, 3.63) is 0 Å². The second-order valence-corrected chi connectivity index (χ2v) is 19.0. The normalized spacial score (nSPS) is 36.8. The zero-order chi connectivity index (χ0) is 27.1. The molecule has 1 aliphatic heterocycles. The molecule has 3 fully saturated rings. The molecule has 0 radical (unpaired) electrons. The summed E-state index contributed by atoms with van der Waals surface area (Å²) in [5.74, 6) is 1.10. The fourth-order valence-electron chi connectivity index (χ4n) is 7.39. The van der Waals surface area contributed by atoms with Crippen molar-refractivity contribution in [2.45, 2.75) is 131 Å². The van der Waals surface area contributed by atoms with Gasteiger partial charge in [0.2, 0.25) is 6.29 Å². The summed E-state index contributed by atoms with van der Waals surface area (Å²) in [5, 5.41) is 0. The quantitative estimate of drug-likeness (QED) is 0.246. The molecule has 8 atom stereocenters. The summed E-state index contributed by atoms with van der Waals surface area (Å²) < 4.78 is 24.0. The lowest BCUT2D eigenvalue weighted by Gasteiger charge is -2.48. The number of fused-ring (bicyclic) bond motifs is 1. The first-order valence-corrected chi connectivity index (χ1v) is 17.6. The van der Waals surface area contributed by atoms with Gasteiger partial charge >= 0.3 is 11.9 Å². The predicted molar refractivity (Wildman–Crippen MR) is 144 cm³/mol. The number of carbonyl (C=O) groups excluding carboxylic acids is 2. The van der Waals surface area contributed by atoms with Gasteiger partial charge < -0.3 is 18.6 Å². The van der Waals surface area contributed by atoms with Gasteiger partial charge in [0.05, 0.1) is 6.61 Å². The van der Waals surface area contributed by atoms with E-state index in [9.17, 15) is 9.59 Å². The second-order valence-electron chi connectivity index (χ2n) is 14.5. The minimum absolute atomic E-state index is 0.0282. The van der Waals surface area contributed by atoms with Crippen LogP contribution in [0, 0.1) is 34.5 Å². The summed E-state index contributed by atoms with van der Waals surface area (Å²) in [6.45, 7) is 21.4. The van der Waals surface area contributed by atoms with Gasteiger partial charge in [-0.15, -0.1) is 0 Å². The van der Waals surface area contributed by atoms with Gasteiger partial charge in [0, 0.05) is 18.4 Å². The van der Waals surface area contributed by atoms with Crippen LogP contribution in [0.5, 0.6) is 0 Å². The van der Waals surface area contributed by atoms with Crippen LogP contribution >= 0.6 is 0 Å². The van der Waals surface area contributed by atoms with E-state index in [4.69, 9.17) is 18.6 Å². The molecule has 1 heterocycles. The molecule has 3 aliphatic rings. The van der Waals surface area contributed by atoms with Crippen molar-refractivity contribution in [3.63, 3.8) is 0 Å². The lowest BCUT2D eigenvalue weighted by molar-refractivity contribution is -0.157. The lowest BCUT2D eigenvalue weighted by atomic mass is 9.61. The molecule has 2 aliphatic carbocycles. The Balaban J connectivity index is 1.73. The third kappa shape index (κ3) is 6.74. The maximum Gasteiger partial charge on any atom is 0.340 e. The van der Waals surface area contributed by atoms with Gasteiger partial charge in [-0.1, -0.05) is 41.0 Å². The van der Waals surface area contributed by atoms with Crippen molar-refractivity contribution in [2.24, 2.45) is 34.5 Å². The van der Waals surface area contributed by atoms with Crippen molar-refractivity contribution >= 4 is 20.3 Å². The van der Waals surface area contributed by atoms with Crippen LogP contribution in [0.15, 0.2) is 0 Å². The molecule has 1 saturated heterocycles. The molecule has 7 heteroatoms. The maximum atomic E-state index is 12.9. The Bertz CT molecular complexity index is 801. The minimum atomic E-state index is -1.60. The van der Waals surface area contributed by atoms with Gasteiger partial charge in [-0.25, -0.2) is 4.79 Å². The average molecular weight is 525 g/mol. The highest BCUT2D eigenvalue weighted by atomic mass is 28.4. The predicted octanol–water partition coefficient (Wildman–Crippen LogP) is 6.72. The van der Waals surface area contributed by atoms with Gasteiger partial charge in [0.25, 0.3) is 0 Å². The van der Waals surface area contributed by atoms with Crippen LogP contribution < -0.4 is 0 Å². The second kappa shape index (κ2) is 10.7. The number of cyclic esters (lactones) is 1. The molecule has 0 spiro atoms. The van der Waals surface area contributed by atoms with Crippen LogP contribution in [0.3, 0.4) is 0 Å². The largest absolute Gasteiger partial charge is 0.466 e. The van der Waals surface area contributed by atoms with Crippen molar-refractivity contribution in [3.8, 4) is 0 Å². The molecular formula is C29H52O6Si. The van der Waals surface area contributed by atoms with E-state index in [0.717, 1.165) is 6.42 Å². The number of esters is 2. The molecule has 0 aromatic carbocycles. The molecule has 2 saturated carbocycles. The van der Waals surface area contributed by atoms with Crippen LogP contribution in [0.4, 0.5) is 0 Å². The number of rotatable bonds is 9. The minimum Gasteiger partial charge on any atom is -0.466 e. The summed E-state index contributed by atoms with van der Waals surface area (Å²) in [7, 11) is -1.60. The summed E-state index contributed by atoms with van der Waals surface area (Å²) in [4.78, 5) is 24.6. The Morgan fingerprint density at radius 2 is 1.83 bits per heavy atom. The SMILES string of the molecule is CC(=O)OC[C@H](C[C@@H](C)[C@H]1CCC2[C@@H](O[Si](C)(C)C)CCC[C@@]21C)C[C@@]1(C)O[C@H](C(C)(C)C)OC1=O. The van der Waals surface area contributed by atoms with Gasteiger partial charge in [0.15, 0.2) is 13.9 Å². The van der Waals surface area contributed by atoms with Crippen molar-refractivity contribution in [1.82, 2.24) is 0 Å². The van der Waals surface area contributed by atoms with Gasteiger partial charge in [0.1, 0.15) is 0 Å². The van der Waals surface area contributed by atoms with E-state index in [0.29, 0.717) is 36.9 Å². The zero-order valence-electron chi connectivity index (χ0n) is 24.6. The Kier molecular flexibility index (Phi) is 8.79. The van der Waals surface area contributed by atoms with Gasteiger partial charge in [-0.05, 0) is 94.2 Å². The Morgan fingerprint density at radius 1 is 1.17 bits per heavy atom. The zero-order valence-corrected chi connectivity index (χ0v) is 25.6. The topological polar surface area (TPSA) is 71.1 Å². The molecule has 0 bridgehead atoms. The fourth-order valence-corrected chi connectivity index (χ4v) is 8.58. The fraction of sp³-hybridized carbons (Fsp3) is 0.931. The van der Waals surface area contributed by atoms with Crippen LogP contribution in [0.25, 0.3) is 0 Å². The molecule has 0 N–H and O–H groups in total. The summed E-state index contributed by atoms with van der Waals surface area (Å²) in [6, 6.07) is 0. The molecule has 0 amide bonds. The van der Waals surface area contributed by atoms with Gasteiger partial charge in [-0.3, -0.25) is 4.79 Å². The molecule has 6 nitrogen and oxygen atoms in total. The van der Waals surface area contributed by atoms with E-state index >= 15 is 0 Å². The smallest absolute Gasteiger partial charge is 0.340 e. The molecular weight excluding hydrogens is 472 g/mol. The standard InChI is InChI=1S/C29H52O6Si/c1-19(22-13-14-23-24(35-36(8,9)10)12-11-15-28(22,23)6)16-21(18-32-20(2)30)17-29(7)25(31)33-26(34-29)27(3,4)5/h19,21-24,26H,11-18H2,1-10H3/t19-,21-,22-,23?,24+,26-,28-,29-/m1/s1. The van der Waals surface area contributed by atoms with E-state index in [1.165, 1.54) is 39.0 Å². The van der Waals surface area contributed by atoms with Crippen molar-refractivity contribution < 1.29 is 28.2 Å². The highest BCUT2D eigenvalue weighted by molar-refractivity contribution is 6.69. The van der Waals surface area contributed by atoms with Crippen LogP contribution in [-0.4, -0.2) is 44.9 Å². The molecule has 36 heavy (non-hydrogen) atoms. The van der Waals surface area contributed by atoms with E-state index in [1.807, 2.05) is 27.7 Å². The summed E-state index contributed by atoms with van der Waals surface area (Å²) >= 11 is 0. The van der Waals surface area contributed by atoms with Crippen LogP contribution in [0.2, 0.25) is 19.6 Å². The molecule has 0 aromatic rings. The Hall–Kier alpha value is -0.923. The van der Waals surface area contributed by atoms with Crippen LogP contribution in [-0.2, 0) is 28.2 Å². The number of hydrogen-bond donors (Lipinski definition) is 0. The van der Waals surface area contributed by atoms with E-state index in [2.05, 4.69) is 33.5 Å². The summed E-state index contributed by atoms with van der Waals surface area (Å²) in [5.41, 5.74) is -1.04. The van der Waals surface area contributed by atoms with E-state index in [1.54, 1.807) is 0 Å². The third-order valence-electron chi connectivity index (χ3n) is 8.95. The third-order valence-corrected chi connectivity index (χ3v) is 9.96. The highest BCUT2D eigenvalue weighted by Gasteiger charge is 2.55. The first-order chi connectivity index (χ1) is 16.4. The Morgan fingerprint density at radius 3 is 2.39 bits per heavy atom. The Labute approximate surface area is 220 Å². The molecule has 3 rings (SSSR count). The average Bonchev–Trinajstić information content (AvgIpc) is 3.22. The lowest BCUT2D eigenvalue weighted by Crippen LogP contribution is -2.46. The van der Waals surface area contributed by atoms with Crippen molar-refractivity contribution in [2.75, 3.05) is 6.61 Å². The highest BCUT2D eigenvalue weighted by Crippen LogP contribution is 2.59. The first kappa shape index (κ1) is 29.6.